The minimum atomic E-state index is -0.752. The summed E-state index contributed by atoms with van der Waals surface area (Å²) < 4.78 is 0. The first-order valence-corrected chi connectivity index (χ1v) is 8.91. The van der Waals surface area contributed by atoms with E-state index in [1.165, 1.54) is 4.88 Å². The Morgan fingerprint density at radius 2 is 2.48 bits per heavy atom. The quantitative estimate of drug-likeness (QED) is 0.863. The van der Waals surface area contributed by atoms with Crippen LogP contribution in [0.3, 0.4) is 0 Å². The van der Waals surface area contributed by atoms with Gasteiger partial charge in [-0.1, -0.05) is 13.0 Å². The summed E-state index contributed by atoms with van der Waals surface area (Å²) in [6.07, 6.45) is 3.57. The predicted octanol–water partition coefficient (Wildman–Crippen LogP) is 4.27. The van der Waals surface area contributed by atoms with Gasteiger partial charge >= 0.3 is 5.97 Å². The van der Waals surface area contributed by atoms with Crippen molar-refractivity contribution in [1.29, 1.82) is 0 Å². The third kappa shape index (κ3) is 2.96. The molecule has 2 aromatic rings. The minimum Gasteiger partial charge on any atom is -0.481 e. The zero-order chi connectivity index (χ0) is 14.8. The number of hydrogen-bond donors (Lipinski definition) is 2. The zero-order valence-electron chi connectivity index (χ0n) is 11.8. The topological polar surface area (TPSA) is 62.2 Å². The number of aryl methyl sites for hydroxylation is 1. The summed E-state index contributed by atoms with van der Waals surface area (Å²) in [6, 6.07) is 4.43. The molecule has 0 fully saturated rings. The largest absolute Gasteiger partial charge is 0.481 e. The molecule has 0 radical (unpaired) electrons. The maximum Gasteiger partial charge on any atom is 0.312 e. The van der Waals surface area contributed by atoms with Crippen molar-refractivity contribution in [3.05, 3.63) is 33.0 Å². The first kappa shape index (κ1) is 14.5. The summed E-state index contributed by atoms with van der Waals surface area (Å²) in [5, 5.41) is 15.7. The van der Waals surface area contributed by atoms with Crippen LogP contribution in [0.5, 0.6) is 0 Å². The lowest BCUT2D eigenvalue weighted by molar-refractivity contribution is -0.139. The average Bonchev–Trinajstić information content (AvgIpc) is 3.12. The Morgan fingerprint density at radius 1 is 1.62 bits per heavy atom. The number of nitrogens with one attached hydrogen (secondary N) is 1. The molecule has 4 nitrogen and oxygen atoms in total. The van der Waals surface area contributed by atoms with Crippen LogP contribution in [0.25, 0.3) is 0 Å². The maximum absolute atomic E-state index is 11.3. The molecule has 2 N–H and O–H groups in total. The number of fused-ring (bicyclic) bond motifs is 1. The molecule has 112 valence electrons. The van der Waals surface area contributed by atoms with E-state index in [1.54, 1.807) is 22.7 Å². The van der Waals surface area contributed by atoms with Gasteiger partial charge in [0.05, 0.1) is 11.7 Å². The summed E-state index contributed by atoms with van der Waals surface area (Å²) in [5.41, 5.74) is 0.780. The number of carbonyl (C=O) groups is 1. The number of aliphatic carboxylic acids is 1. The fourth-order valence-electron chi connectivity index (χ4n) is 2.73. The number of carboxylic acid groups (broad SMARTS) is 1. The first-order chi connectivity index (χ1) is 10.2. The smallest absolute Gasteiger partial charge is 0.312 e. The Bertz CT molecular complexity index is 622. The Labute approximate surface area is 131 Å². The molecule has 0 saturated heterocycles. The Morgan fingerprint density at radius 3 is 3.14 bits per heavy atom. The highest BCUT2D eigenvalue weighted by Gasteiger charge is 2.30. The van der Waals surface area contributed by atoms with Gasteiger partial charge in [-0.2, -0.15) is 0 Å². The lowest BCUT2D eigenvalue weighted by Crippen LogP contribution is -2.17. The number of nitrogens with zero attached hydrogens (tertiary/aromatic N) is 1. The van der Waals surface area contributed by atoms with E-state index in [0.717, 1.165) is 35.0 Å². The lowest BCUT2D eigenvalue weighted by atomic mass is 9.91. The van der Waals surface area contributed by atoms with Crippen LogP contribution in [0.1, 0.15) is 53.6 Å². The maximum atomic E-state index is 11.3. The van der Waals surface area contributed by atoms with Crippen LogP contribution in [0.2, 0.25) is 0 Å². The molecule has 0 amide bonds. The van der Waals surface area contributed by atoms with E-state index in [0.29, 0.717) is 6.42 Å². The van der Waals surface area contributed by atoms with Crippen molar-refractivity contribution >= 4 is 33.8 Å². The second-order valence-electron chi connectivity index (χ2n) is 5.23. The lowest BCUT2D eigenvalue weighted by Gasteiger charge is -2.16. The van der Waals surface area contributed by atoms with Gasteiger partial charge in [0.25, 0.3) is 0 Å². The molecule has 0 aromatic carbocycles. The summed E-state index contributed by atoms with van der Waals surface area (Å²) in [5.74, 6) is -1.18. The van der Waals surface area contributed by atoms with Crippen molar-refractivity contribution in [2.24, 2.45) is 0 Å². The monoisotopic (exact) mass is 322 g/mol. The number of thiophene rings is 1. The molecule has 6 heteroatoms. The second-order valence-corrected chi connectivity index (χ2v) is 7.29. The fourth-order valence-corrected chi connectivity index (χ4v) is 4.71. The normalized spacial score (nSPS) is 19.0. The molecule has 2 aromatic heterocycles. The molecule has 1 aliphatic rings. The first-order valence-electron chi connectivity index (χ1n) is 7.21. The molecule has 1 aliphatic carbocycles. The van der Waals surface area contributed by atoms with Crippen molar-refractivity contribution in [2.45, 2.75) is 44.6 Å². The molecule has 3 rings (SSSR count). The van der Waals surface area contributed by atoms with Crippen LogP contribution in [0, 0.1) is 0 Å². The summed E-state index contributed by atoms with van der Waals surface area (Å²) in [4.78, 5) is 18.3. The van der Waals surface area contributed by atoms with Gasteiger partial charge in [-0.25, -0.2) is 4.98 Å². The van der Waals surface area contributed by atoms with Gasteiger partial charge in [-0.3, -0.25) is 4.79 Å². The third-order valence-electron chi connectivity index (χ3n) is 3.84. The molecule has 2 heterocycles. The number of aromatic nitrogens is 1. The number of hydrogen-bond acceptors (Lipinski definition) is 5. The third-order valence-corrected chi connectivity index (χ3v) is 5.89. The van der Waals surface area contributed by atoms with Gasteiger partial charge in [0.15, 0.2) is 5.13 Å². The molecule has 0 saturated carbocycles. The number of anilines is 1. The summed E-state index contributed by atoms with van der Waals surface area (Å²) in [6.45, 7) is 2.14. The van der Waals surface area contributed by atoms with Gasteiger partial charge in [0, 0.05) is 9.75 Å². The highest BCUT2D eigenvalue weighted by atomic mass is 32.1. The van der Waals surface area contributed by atoms with Gasteiger partial charge in [-0.05, 0) is 37.1 Å². The van der Waals surface area contributed by atoms with Crippen LogP contribution in [-0.2, 0) is 11.2 Å². The zero-order valence-corrected chi connectivity index (χ0v) is 13.5. The van der Waals surface area contributed by atoms with E-state index >= 15 is 0 Å². The highest BCUT2D eigenvalue weighted by Crippen LogP contribution is 2.38. The second kappa shape index (κ2) is 6.15. The van der Waals surface area contributed by atoms with E-state index in [9.17, 15) is 9.90 Å². The molecule has 0 bridgehead atoms. The van der Waals surface area contributed by atoms with Crippen LogP contribution in [-0.4, -0.2) is 16.1 Å². The van der Waals surface area contributed by atoms with Gasteiger partial charge in [-0.15, -0.1) is 22.7 Å². The van der Waals surface area contributed by atoms with Crippen molar-refractivity contribution < 1.29 is 9.90 Å². The fraction of sp³-hybridized carbons (Fsp3) is 0.467. The Kier molecular flexibility index (Phi) is 4.26. The minimum absolute atomic E-state index is 0.251. The number of rotatable bonds is 5. The Hall–Kier alpha value is -1.40. The van der Waals surface area contributed by atoms with E-state index < -0.39 is 11.9 Å². The van der Waals surface area contributed by atoms with Crippen LogP contribution in [0.4, 0.5) is 5.13 Å². The van der Waals surface area contributed by atoms with Gasteiger partial charge < -0.3 is 10.4 Å². The molecular formula is C15H18N2O2S2. The van der Waals surface area contributed by atoms with E-state index in [1.807, 2.05) is 0 Å². The molecule has 0 aliphatic heterocycles. The predicted molar refractivity (Wildman–Crippen MR) is 86.4 cm³/mol. The molecule has 0 spiro atoms. The van der Waals surface area contributed by atoms with Crippen molar-refractivity contribution in [3.63, 3.8) is 0 Å². The van der Waals surface area contributed by atoms with E-state index in [4.69, 9.17) is 0 Å². The Balaban J connectivity index is 1.82. The van der Waals surface area contributed by atoms with Gasteiger partial charge in [0.1, 0.15) is 5.92 Å². The van der Waals surface area contributed by atoms with Crippen molar-refractivity contribution in [1.82, 2.24) is 4.98 Å². The summed E-state index contributed by atoms with van der Waals surface area (Å²) in [7, 11) is 0. The average molecular weight is 322 g/mol. The number of carboxylic acids is 1. The van der Waals surface area contributed by atoms with E-state index in [-0.39, 0.29) is 6.04 Å². The molecular weight excluding hydrogens is 304 g/mol. The highest BCUT2D eigenvalue weighted by molar-refractivity contribution is 7.15. The van der Waals surface area contributed by atoms with Crippen LogP contribution < -0.4 is 5.32 Å². The summed E-state index contributed by atoms with van der Waals surface area (Å²) >= 11 is 3.35. The van der Waals surface area contributed by atoms with Gasteiger partial charge in [0.2, 0.25) is 0 Å². The molecule has 2 atom stereocenters. The standard InChI is InChI=1S/C15H18N2O2S2/c1-2-10(11-7-4-8-20-11)16-15-17-13-9(14(18)19)5-3-6-12(13)21-15/h4,7-10H,2-3,5-6H2,1H3,(H,16,17)(H,18,19). The molecule has 21 heavy (non-hydrogen) atoms. The van der Waals surface area contributed by atoms with Crippen LogP contribution in [0.15, 0.2) is 17.5 Å². The van der Waals surface area contributed by atoms with E-state index in [2.05, 4.69) is 34.7 Å². The van der Waals surface area contributed by atoms with Crippen molar-refractivity contribution in [3.8, 4) is 0 Å². The van der Waals surface area contributed by atoms with Crippen molar-refractivity contribution in [2.75, 3.05) is 5.32 Å². The number of thiazole rings is 1. The molecule has 2 unspecified atom stereocenters. The SMILES string of the molecule is CCC(Nc1nc2c(s1)CCCC2C(=O)O)c1cccs1. The van der Waals surface area contributed by atoms with Crippen LogP contribution >= 0.6 is 22.7 Å².